The van der Waals surface area contributed by atoms with Gasteiger partial charge in [-0.05, 0) is 36.3 Å². The molecule has 2 N–H and O–H groups in total. The number of hydrogen-bond acceptors (Lipinski definition) is 3. The summed E-state index contributed by atoms with van der Waals surface area (Å²) in [4.78, 5) is 4.21. The number of hydrogen-bond donors (Lipinski definition) is 1. The van der Waals surface area contributed by atoms with Gasteiger partial charge in [-0.25, -0.2) is 0 Å². The van der Waals surface area contributed by atoms with Gasteiger partial charge in [-0.1, -0.05) is 0 Å². The van der Waals surface area contributed by atoms with Crippen LogP contribution in [0.5, 0.6) is 0 Å². The van der Waals surface area contributed by atoms with E-state index in [1.54, 1.807) is 10.4 Å². The molecule has 1 fully saturated rings. The molecule has 0 atom stereocenters. The van der Waals surface area contributed by atoms with E-state index in [4.69, 9.17) is 5.73 Å². The number of nitrogens with zero attached hydrogens (tertiary/aromatic N) is 1. The first-order valence-corrected chi connectivity index (χ1v) is 6.26. The first-order valence-electron chi connectivity index (χ1n) is 5.38. The summed E-state index contributed by atoms with van der Waals surface area (Å²) >= 11 is 1.91. The van der Waals surface area contributed by atoms with Crippen molar-refractivity contribution >= 4 is 11.3 Å². The van der Waals surface area contributed by atoms with Crippen molar-refractivity contribution in [1.29, 1.82) is 0 Å². The number of nitrogens with two attached hydrogens (primary N) is 1. The highest BCUT2D eigenvalue weighted by Gasteiger charge is 2.32. The highest BCUT2D eigenvalue weighted by molar-refractivity contribution is 7.10. The summed E-state index contributed by atoms with van der Waals surface area (Å²) in [5, 5.41) is 2.22. The van der Waals surface area contributed by atoms with Gasteiger partial charge in [-0.3, -0.25) is 4.90 Å². The molecule has 3 rings (SSSR count). The third-order valence-electron chi connectivity index (χ3n) is 3.50. The lowest BCUT2D eigenvalue weighted by atomic mass is 9.85. The topological polar surface area (TPSA) is 29.3 Å². The van der Waals surface area contributed by atoms with E-state index < -0.39 is 0 Å². The summed E-state index contributed by atoms with van der Waals surface area (Å²) in [6.07, 6.45) is 3.66. The predicted octanol–water partition coefficient (Wildman–Crippen LogP) is 1.60. The summed E-state index contributed by atoms with van der Waals surface area (Å²) in [5.74, 6) is 0. The molecule has 1 aliphatic heterocycles. The van der Waals surface area contributed by atoms with Crippen molar-refractivity contribution < 1.29 is 0 Å². The fraction of sp³-hybridized carbons (Fsp3) is 0.636. The van der Waals surface area contributed by atoms with Gasteiger partial charge in [-0.2, -0.15) is 0 Å². The molecule has 0 aromatic carbocycles. The quantitative estimate of drug-likeness (QED) is 0.759. The van der Waals surface area contributed by atoms with E-state index in [2.05, 4.69) is 16.3 Å². The summed E-state index contributed by atoms with van der Waals surface area (Å²) in [7, 11) is 0. The molecule has 2 nitrogen and oxygen atoms in total. The Hall–Kier alpha value is -0.380. The smallest absolute Gasteiger partial charge is 0.0247 e. The van der Waals surface area contributed by atoms with E-state index in [1.165, 1.54) is 25.8 Å². The van der Waals surface area contributed by atoms with Crippen LogP contribution in [0.25, 0.3) is 0 Å². The lowest BCUT2D eigenvalue weighted by Gasteiger charge is -2.43. The Balaban J connectivity index is 1.69. The Labute approximate surface area is 88.7 Å². The van der Waals surface area contributed by atoms with E-state index in [0.29, 0.717) is 6.04 Å². The molecule has 1 aliphatic carbocycles. The Bertz CT molecular complexity index is 328. The maximum absolute atomic E-state index is 5.83. The van der Waals surface area contributed by atoms with E-state index in [-0.39, 0.29) is 0 Å². The second-order valence-electron chi connectivity index (χ2n) is 4.47. The van der Waals surface area contributed by atoms with Gasteiger partial charge in [0.25, 0.3) is 0 Å². The van der Waals surface area contributed by atoms with Crippen molar-refractivity contribution in [1.82, 2.24) is 4.90 Å². The van der Waals surface area contributed by atoms with Gasteiger partial charge < -0.3 is 5.73 Å². The highest BCUT2D eigenvalue weighted by Crippen LogP contribution is 2.31. The maximum Gasteiger partial charge on any atom is 0.0247 e. The molecule has 76 valence electrons. The molecule has 1 aromatic rings. The van der Waals surface area contributed by atoms with Crippen LogP contribution in [0.15, 0.2) is 11.4 Å². The Morgan fingerprint density at radius 2 is 2.29 bits per heavy atom. The van der Waals surface area contributed by atoms with E-state index in [1.807, 2.05) is 11.3 Å². The molecule has 0 radical (unpaired) electrons. The van der Waals surface area contributed by atoms with Crippen LogP contribution in [0, 0.1) is 0 Å². The molecule has 2 heterocycles. The molecule has 14 heavy (non-hydrogen) atoms. The summed E-state index contributed by atoms with van der Waals surface area (Å²) in [6, 6.07) is 3.53. The Morgan fingerprint density at radius 1 is 1.43 bits per heavy atom. The monoisotopic (exact) mass is 208 g/mol. The van der Waals surface area contributed by atoms with Crippen molar-refractivity contribution in [3.63, 3.8) is 0 Å². The van der Waals surface area contributed by atoms with Gasteiger partial charge in [0.05, 0.1) is 0 Å². The van der Waals surface area contributed by atoms with E-state index >= 15 is 0 Å². The fourth-order valence-electron chi connectivity index (χ4n) is 2.51. The fourth-order valence-corrected chi connectivity index (χ4v) is 3.40. The summed E-state index contributed by atoms with van der Waals surface area (Å²) in [6.45, 7) is 2.40. The molecule has 1 aromatic heterocycles. The van der Waals surface area contributed by atoms with Crippen LogP contribution in [0.4, 0.5) is 0 Å². The van der Waals surface area contributed by atoms with Crippen LogP contribution >= 0.6 is 11.3 Å². The molecule has 0 amide bonds. The second-order valence-corrected chi connectivity index (χ2v) is 5.48. The van der Waals surface area contributed by atoms with Gasteiger partial charge in [-0.15, -0.1) is 11.3 Å². The third kappa shape index (κ3) is 1.40. The SMILES string of the molecule is NC1CC(N2CCc3sccc3C2)C1. The summed E-state index contributed by atoms with van der Waals surface area (Å²) in [5.41, 5.74) is 7.38. The van der Waals surface area contributed by atoms with Crippen LogP contribution < -0.4 is 5.73 Å². The molecule has 3 heteroatoms. The lowest BCUT2D eigenvalue weighted by molar-refractivity contribution is 0.0983. The van der Waals surface area contributed by atoms with Crippen LogP contribution in [-0.4, -0.2) is 23.5 Å². The number of rotatable bonds is 1. The van der Waals surface area contributed by atoms with Crippen molar-refractivity contribution in [3.05, 3.63) is 21.9 Å². The van der Waals surface area contributed by atoms with Crippen LogP contribution in [0.1, 0.15) is 23.3 Å². The molecule has 2 aliphatic rings. The van der Waals surface area contributed by atoms with Gasteiger partial charge in [0.2, 0.25) is 0 Å². The average molecular weight is 208 g/mol. The molecule has 0 bridgehead atoms. The zero-order valence-electron chi connectivity index (χ0n) is 8.28. The molecule has 0 saturated heterocycles. The zero-order chi connectivity index (χ0) is 9.54. The van der Waals surface area contributed by atoms with Gasteiger partial charge in [0, 0.05) is 30.1 Å². The van der Waals surface area contributed by atoms with Gasteiger partial charge in [0.1, 0.15) is 0 Å². The average Bonchev–Trinajstić information content (AvgIpc) is 2.59. The molecule has 0 spiro atoms. The first kappa shape index (κ1) is 8.89. The zero-order valence-corrected chi connectivity index (χ0v) is 9.09. The normalized spacial score (nSPS) is 32.4. The van der Waals surface area contributed by atoms with Gasteiger partial charge in [0.15, 0.2) is 0 Å². The standard InChI is InChI=1S/C11H16N2S/c12-9-5-10(6-9)13-3-1-11-8(7-13)2-4-14-11/h2,4,9-10H,1,3,5-7,12H2. The van der Waals surface area contributed by atoms with Crippen molar-refractivity contribution in [2.45, 2.75) is 37.9 Å². The van der Waals surface area contributed by atoms with Crippen molar-refractivity contribution in [3.8, 4) is 0 Å². The molecular formula is C11H16N2S. The Morgan fingerprint density at radius 3 is 3.07 bits per heavy atom. The van der Waals surface area contributed by atoms with E-state index in [0.717, 1.165) is 12.6 Å². The largest absolute Gasteiger partial charge is 0.328 e. The molecule has 0 unspecified atom stereocenters. The second kappa shape index (κ2) is 3.33. The van der Waals surface area contributed by atoms with E-state index in [9.17, 15) is 0 Å². The highest BCUT2D eigenvalue weighted by atomic mass is 32.1. The maximum atomic E-state index is 5.83. The van der Waals surface area contributed by atoms with Crippen molar-refractivity contribution in [2.75, 3.05) is 6.54 Å². The number of thiophene rings is 1. The molecule has 1 saturated carbocycles. The Kier molecular flexibility index (Phi) is 2.11. The number of fused-ring (bicyclic) bond motifs is 1. The first-order chi connectivity index (χ1) is 6.83. The minimum atomic E-state index is 0.476. The van der Waals surface area contributed by atoms with Crippen LogP contribution in [-0.2, 0) is 13.0 Å². The minimum absolute atomic E-state index is 0.476. The van der Waals surface area contributed by atoms with Gasteiger partial charge >= 0.3 is 0 Å². The third-order valence-corrected chi connectivity index (χ3v) is 4.53. The lowest BCUT2D eigenvalue weighted by Crippen LogP contribution is -2.51. The molecular weight excluding hydrogens is 192 g/mol. The van der Waals surface area contributed by atoms with Crippen LogP contribution in [0.3, 0.4) is 0 Å². The minimum Gasteiger partial charge on any atom is -0.328 e. The van der Waals surface area contributed by atoms with Crippen molar-refractivity contribution in [2.24, 2.45) is 5.73 Å². The van der Waals surface area contributed by atoms with Crippen LogP contribution in [0.2, 0.25) is 0 Å². The predicted molar refractivity (Wildman–Crippen MR) is 59.4 cm³/mol. The summed E-state index contributed by atoms with van der Waals surface area (Å²) < 4.78 is 0.